The van der Waals surface area contributed by atoms with Crippen LogP contribution in [0.15, 0.2) is 12.1 Å². The molecule has 1 aromatic carbocycles. The summed E-state index contributed by atoms with van der Waals surface area (Å²) in [5, 5.41) is 28.1. The molecule has 5 aliphatic carbocycles. The van der Waals surface area contributed by atoms with Gasteiger partial charge in [0.05, 0.1) is 0 Å². The number of likely N-dealkylation sites (tertiary alicyclic amines) is 1. The van der Waals surface area contributed by atoms with Gasteiger partial charge in [0.1, 0.15) is 11.7 Å². The molecule has 7 aliphatic rings. The Bertz CT molecular complexity index is 1280. The van der Waals surface area contributed by atoms with Crippen molar-refractivity contribution in [3.8, 4) is 11.5 Å². The molecule has 0 radical (unpaired) electrons. The number of H-pyrrole nitrogens is 1. The number of rotatable bonds is 8. The highest BCUT2D eigenvalue weighted by Crippen LogP contribution is 2.76. The maximum absolute atomic E-state index is 12.9. The van der Waals surface area contributed by atoms with Gasteiger partial charge in [-0.25, -0.2) is 0 Å². The molecule has 3 N–H and O–H groups in total. The molecule has 3 heterocycles. The van der Waals surface area contributed by atoms with Crippen molar-refractivity contribution in [3.05, 3.63) is 29.1 Å². The Morgan fingerprint density at radius 2 is 2.21 bits per heavy atom. The largest absolute Gasteiger partial charge is 0.504 e. The van der Waals surface area contributed by atoms with Gasteiger partial charge in [-0.1, -0.05) is 11.3 Å². The predicted octanol–water partition coefficient (Wildman–Crippen LogP) is 1.88. The van der Waals surface area contributed by atoms with Crippen LogP contribution in [0.1, 0.15) is 61.9 Å². The number of nitrogens with one attached hydrogen (secondary N) is 2. The van der Waals surface area contributed by atoms with Crippen LogP contribution in [0.2, 0.25) is 0 Å². The van der Waals surface area contributed by atoms with Gasteiger partial charge in [-0.2, -0.15) is 5.21 Å². The maximum Gasteiger partial charge on any atom is 0.220 e. The van der Waals surface area contributed by atoms with E-state index in [1.54, 1.807) is 0 Å². The zero-order chi connectivity index (χ0) is 25.7. The molecular weight excluding hydrogens is 484 g/mol. The third-order valence-electron chi connectivity index (χ3n) is 11.3. The molecule has 2 aliphatic heterocycles. The molecule has 10 nitrogen and oxygen atoms in total. The van der Waals surface area contributed by atoms with Crippen molar-refractivity contribution in [3.63, 3.8) is 0 Å². The molecule has 1 aromatic heterocycles. The Labute approximate surface area is 221 Å². The fraction of sp³-hybridized carbons (Fsp3) is 0.714. The summed E-state index contributed by atoms with van der Waals surface area (Å²) in [5.41, 5.74) is 2.02. The van der Waals surface area contributed by atoms with E-state index < -0.39 is 5.60 Å². The van der Waals surface area contributed by atoms with Gasteiger partial charge in [-0.3, -0.25) is 9.69 Å². The lowest BCUT2D eigenvalue weighted by molar-refractivity contribution is -0.276. The number of aromatic amines is 1. The number of aromatic nitrogens is 4. The van der Waals surface area contributed by atoms with Gasteiger partial charge in [0.2, 0.25) is 5.91 Å². The first-order valence-corrected chi connectivity index (χ1v) is 14.3. The second kappa shape index (κ2) is 7.91. The van der Waals surface area contributed by atoms with Crippen LogP contribution in [0, 0.1) is 17.3 Å². The zero-order valence-electron chi connectivity index (χ0n) is 21.9. The number of tetrazole rings is 1. The Morgan fingerprint density at radius 3 is 3.00 bits per heavy atom. The van der Waals surface area contributed by atoms with Crippen LogP contribution in [0.25, 0.3) is 0 Å². The molecule has 38 heavy (non-hydrogen) atoms. The van der Waals surface area contributed by atoms with Crippen LogP contribution in [-0.4, -0.2) is 81.0 Å². The summed E-state index contributed by atoms with van der Waals surface area (Å²) in [6.07, 6.45) is 8.40. The first-order valence-electron chi connectivity index (χ1n) is 14.3. The van der Waals surface area contributed by atoms with Crippen molar-refractivity contribution >= 4 is 5.91 Å². The summed E-state index contributed by atoms with van der Waals surface area (Å²) >= 11 is 0. The van der Waals surface area contributed by atoms with Crippen LogP contribution >= 0.6 is 0 Å². The van der Waals surface area contributed by atoms with Crippen molar-refractivity contribution in [2.24, 2.45) is 17.3 Å². The Balaban J connectivity index is 1.15. The third kappa shape index (κ3) is 2.85. The third-order valence-corrected chi connectivity index (χ3v) is 11.3. The summed E-state index contributed by atoms with van der Waals surface area (Å²) in [6, 6.07) is 4.42. The number of aromatic hydroxyl groups is 1. The van der Waals surface area contributed by atoms with Crippen LogP contribution in [-0.2, 0) is 27.8 Å². The summed E-state index contributed by atoms with van der Waals surface area (Å²) in [7, 11) is 1.82. The van der Waals surface area contributed by atoms with Crippen molar-refractivity contribution in [1.82, 2.24) is 30.8 Å². The number of phenols is 1. The summed E-state index contributed by atoms with van der Waals surface area (Å²) < 4.78 is 13.4. The Morgan fingerprint density at radius 1 is 1.32 bits per heavy atom. The van der Waals surface area contributed by atoms with E-state index in [2.05, 4.69) is 36.9 Å². The quantitative estimate of drug-likeness (QED) is 0.482. The summed E-state index contributed by atoms with van der Waals surface area (Å²) in [5.74, 6) is 2.45. The lowest BCUT2D eigenvalue weighted by Gasteiger charge is -2.74. The van der Waals surface area contributed by atoms with Gasteiger partial charge in [0, 0.05) is 61.4 Å². The number of methoxy groups -OCH3 is 1. The van der Waals surface area contributed by atoms with E-state index in [0.717, 1.165) is 44.6 Å². The number of aryl methyl sites for hydroxylation is 1. The second-order valence-electron chi connectivity index (χ2n) is 12.7. The number of nitrogens with zero attached hydrogens (tertiary/aromatic N) is 4. The molecular formula is C28H36N6O4. The molecule has 4 bridgehead atoms. The van der Waals surface area contributed by atoms with Gasteiger partial charge in [0.25, 0.3) is 0 Å². The minimum Gasteiger partial charge on any atom is -0.504 e. The normalized spacial score (nSPS) is 38.1. The van der Waals surface area contributed by atoms with Crippen LogP contribution in [0.5, 0.6) is 11.5 Å². The summed E-state index contributed by atoms with van der Waals surface area (Å²) in [6.45, 7) is 2.83. The number of carbonyl (C=O) groups is 1. The monoisotopic (exact) mass is 520 g/mol. The SMILES string of the molecule is COC12CC[C@@]3(C[C@@H]1CNC(=O)CCc1nn[nH]n1)[C@H]1Cc4ccc(O)c5c4[C@@]3(CCN1CC1CC1)[C@H]2O5. The smallest absolute Gasteiger partial charge is 0.220 e. The molecule has 1 saturated heterocycles. The fourth-order valence-electron chi connectivity index (χ4n) is 9.63. The van der Waals surface area contributed by atoms with Crippen LogP contribution < -0.4 is 10.1 Å². The van der Waals surface area contributed by atoms with Crippen LogP contribution in [0.3, 0.4) is 0 Å². The molecule has 2 spiro atoms. The second-order valence-corrected chi connectivity index (χ2v) is 12.7. The Kier molecular flexibility index (Phi) is 4.83. The topological polar surface area (TPSA) is 125 Å². The van der Waals surface area contributed by atoms with E-state index >= 15 is 0 Å². The lowest BCUT2D eigenvalue weighted by atomic mass is 9.35. The minimum atomic E-state index is -0.508. The first-order chi connectivity index (χ1) is 18.5. The number of amides is 1. The molecule has 2 aromatic rings. The number of benzene rings is 1. The molecule has 1 amide bonds. The van der Waals surface area contributed by atoms with E-state index in [1.807, 2.05) is 13.2 Å². The van der Waals surface area contributed by atoms with Gasteiger partial charge in [0.15, 0.2) is 17.3 Å². The molecule has 9 rings (SSSR count). The van der Waals surface area contributed by atoms with Crippen molar-refractivity contribution in [2.75, 3.05) is 26.7 Å². The van der Waals surface area contributed by atoms with Crippen LogP contribution in [0.4, 0.5) is 0 Å². The van der Waals surface area contributed by atoms with Gasteiger partial charge in [-0.05, 0) is 69.0 Å². The molecule has 10 heteroatoms. The first kappa shape index (κ1) is 23.2. The van der Waals surface area contributed by atoms with Gasteiger partial charge in [-0.15, -0.1) is 10.2 Å². The van der Waals surface area contributed by atoms with Gasteiger partial charge >= 0.3 is 0 Å². The number of hydrogen-bond acceptors (Lipinski definition) is 8. The highest BCUT2D eigenvalue weighted by atomic mass is 16.6. The maximum atomic E-state index is 12.9. The number of piperidine rings is 1. The predicted molar refractivity (Wildman–Crippen MR) is 136 cm³/mol. The standard InChI is InChI=1S/C28H36N6O4/c1-37-28-9-8-26(13-18(28)14-29-22(36)7-6-21-30-32-33-31-21)20-12-17-4-5-19(35)24-23(17)27(26,25(28)38-24)10-11-34(20)15-16-2-3-16/h4-5,16,18,20,25,35H,2-3,6-15H2,1H3,(H,29,36)(H,30,31,32,33)/t18-,20-,25-,26-,27+,28?/m1/s1. The average molecular weight is 521 g/mol. The average Bonchev–Trinajstić information content (AvgIpc) is 3.43. The number of ether oxygens (including phenoxy) is 2. The Hall–Kier alpha value is -2.72. The molecule has 4 saturated carbocycles. The number of phenolic OH excluding ortho intramolecular Hbond substituents is 1. The number of carbonyl (C=O) groups excluding carboxylic acids is 1. The highest BCUT2D eigenvalue weighted by molar-refractivity contribution is 5.76. The highest BCUT2D eigenvalue weighted by Gasteiger charge is 2.80. The van der Waals surface area contributed by atoms with E-state index in [-0.39, 0.29) is 34.5 Å². The van der Waals surface area contributed by atoms with E-state index in [0.29, 0.717) is 37.0 Å². The zero-order valence-corrected chi connectivity index (χ0v) is 21.9. The van der Waals surface area contributed by atoms with E-state index in [1.165, 1.54) is 30.5 Å². The minimum absolute atomic E-state index is 0.00975. The van der Waals surface area contributed by atoms with Gasteiger partial charge < -0.3 is 19.9 Å². The molecule has 6 atom stereocenters. The summed E-state index contributed by atoms with van der Waals surface area (Å²) in [4.78, 5) is 15.7. The van der Waals surface area contributed by atoms with E-state index in [4.69, 9.17) is 9.47 Å². The number of hydrogen-bond donors (Lipinski definition) is 3. The number of fused-ring (bicyclic) bond motifs is 2. The van der Waals surface area contributed by atoms with E-state index in [9.17, 15) is 9.90 Å². The van der Waals surface area contributed by atoms with Crippen molar-refractivity contribution in [1.29, 1.82) is 0 Å². The van der Waals surface area contributed by atoms with Crippen molar-refractivity contribution in [2.45, 2.75) is 80.9 Å². The lowest BCUT2D eigenvalue weighted by Crippen LogP contribution is -2.81. The van der Waals surface area contributed by atoms with Crippen molar-refractivity contribution < 1.29 is 19.4 Å². The fourth-order valence-corrected chi connectivity index (χ4v) is 9.63. The molecule has 5 fully saturated rings. The molecule has 202 valence electrons. The molecule has 1 unspecified atom stereocenters.